The predicted molar refractivity (Wildman–Crippen MR) is 212 cm³/mol. The summed E-state index contributed by atoms with van der Waals surface area (Å²) in [5.74, 6) is 0. The van der Waals surface area contributed by atoms with Crippen LogP contribution >= 0.6 is 0 Å². The highest BCUT2D eigenvalue weighted by Gasteiger charge is 2.42. The average Bonchev–Trinajstić information content (AvgIpc) is 3.83. The molecule has 0 radical (unpaired) electrons. The minimum Gasteiger partial charge on any atom is -0.375 e. The van der Waals surface area contributed by atoms with E-state index in [1.165, 1.54) is 98.4 Å². The van der Waals surface area contributed by atoms with E-state index in [2.05, 4.69) is 172 Å². The lowest BCUT2D eigenvalue weighted by Crippen LogP contribution is -2.53. The molecule has 8 aromatic carbocycles. The van der Waals surface area contributed by atoms with Crippen LogP contribution in [0.3, 0.4) is 0 Å². The summed E-state index contributed by atoms with van der Waals surface area (Å²) < 4.78 is 5.34. The van der Waals surface area contributed by atoms with Gasteiger partial charge in [0, 0.05) is 65.7 Å². The molecule has 0 saturated heterocycles. The second-order valence-electron chi connectivity index (χ2n) is 14.0. The molecule has 0 fully saturated rings. The molecule has 3 nitrogen and oxygen atoms in total. The molecule has 4 heteroatoms. The first-order chi connectivity index (χ1) is 24.9. The minimum atomic E-state index is 0.0324. The second kappa shape index (κ2) is 8.74. The molecule has 0 spiro atoms. The number of para-hydroxylation sites is 5. The number of hydrogen-bond donors (Lipinski definition) is 0. The number of aromatic nitrogens is 2. The number of hydrogen-bond acceptors (Lipinski definition) is 1. The first kappa shape index (κ1) is 25.5. The molecule has 0 amide bonds. The summed E-state index contributed by atoms with van der Waals surface area (Å²) in [5.41, 5.74) is 15.6. The third-order valence-electron chi connectivity index (χ3n) is 11.7. The number of anilines is 3. The Morgan fingerprint density at radius 2 is 1.04 bits per heavy atom. The fraction of sp³-hybridized carbons (Fsp3) is 0. The number of rotatable bonds is 3. The molecule has 0 atom stereocenters. The van der Waals surface area contributed by atoms with Crippen LogP contribution in [0, 0.1) is 0 Å². The summed E-state index contributed by atoms with van der Waals surface area (Å²) in [6.07, 6.45) is 0. The van der Waals surface area contributed by atoms with Gasteiger partial charge in [-0.05, 0) is 52.2 Å². The SMILES string of the molecule is c1ccc(N(c2ccccc2)c2cc3c4c5c2c2cccc6c7cccc(c7n5c62)B4n2c4c-3cccc4c3ccc4ccccc4c32)cc1. The maximum atomic E-state index is 2.71. The third kappa shape index (κ3) is 2.81. The van der Waals surface area contributed by atoms with E-state index in [9.17, 15) is 0 Å². The van der Waals surface area contributed by atoms with Gasteiger partial charge in [0.15, 0.2) is 0 Å². The highest BCUT2D eigenvalue weighted by molar-refractivity contribution is 6.91. The minimum absolute atomic E-state index is 0.0324. The summed E-state index contributed by atoms with van der Waals surface area (Å²) in [5, 5.41) is 10.5. The molecule has 0 saturated carbocycles. The Balaban J connectivity index is 1.31. The summed E-state index contributed by atoms with van der Waals surface area (Å²) in [6, 6.07) is 58.7. The lowest BCUT2D eigenvalue weighted by Gasteiger charge is -2.34. The van der Waals surface area contributed by atoms with Crippen LogP contribution in [0.4, 0.5) is 17.1 Å². The molecular weight excluding hydrogens is 605 g/mol. The van der Waals surface area contributed by atoms with Crippen LogP contribution in [0.25, 0.3) is 81.8 Å². The second-order valence-corrected chi connectivity index (χ2v) is 14.0. The first-order valence-corrected chi connectivity index (χ1v) is 17.5. The Labute approximate surface area is 287 Å². The summed E-state index contributed by atoms with van der Waals surface area (Å²) in [4.78, 5) is 2.47. The van der Waals surface area contributed by atoms with Crippen molar-refractivity contribution in [2.45, 2.75) is 0 Å². The smallest absolute Gasteiger partial charge is 0.333 e. The Bertz CT molecular complexity index is 3220. The Morgan fingerprint density at radius 1 is 0.420 bits per heavy atom. The summed E-state index contributed by atoms with van der Waals surface area (Å²) in [7, 11) is 0. The van der Waals surface area contributed by atoms with Crippen LogP contribution in [0.5, 0.6) is 0 Å². The highest BCUT2D eigenvalue weighted by Crippen LogP contribution is 2.51. The van der Waals surface area contributed by atoms with Crippen LogP contribution in [0.2, 0.25) is 0 Å². The molecular formula is C46H26BN3. The van der Waals surface area contributed by atoms with Crippen LogP contribution in [-0.2, 0) is 0 Å². The molecule has 13 rings (SSSR count). The summed E-state index contributed by atoms with van der Waals surface area (Å²) >= 11 is 0. The van der Waals surface area contributed by atoms with E-state index >= 15 is 0 Å². The van der Waals surface area contributed by atoms with Gasteiger partial charge in [-0.3, -0.25) is 0 Å². The van der Waals surface area contributed by atoms with Crippen molar-refractivity contribution in [3.8, 4) is 11.1 Å². The fourth-order valence-electron chi connectivity index (χ4n) is 9.98. The lowest BCUT2D eigenvalue weighted by atomic mass is 9.46. The van der Waals surface area contributed by atoms with Gasteiger partial charge in [0.1, 0.15) is 0 Å². The van der Waals surface area contributed by atoms with E-state index in [1.807, 2.05) is 0 Å². The van der Waals surface area contributed by atoms with Gasteiger partial charge < -0.3 is 13.8 Å². The largest absolute Gasteiger partial charge is 0.375 e. The van der Waals surface area contributed by atoms with Crippen molar-refractivity contribution in [1.29, 1.82) is 0 Å². The maximum Gasteiger partial charge on any atom is 0.333 e. The van der Waals surface area contributed by atoms with Crippen molar-refractivity contribution in [3.05, 3.63) is 158 Å². The van der Waals surface area contributed by atoms with Crippen molar-refractivity contribution in [1.82, 2.24) is 8.88 Å². The quantitative estimate of drug-likeness (QED) is 0.177. The van der Waals surface area contributed by atoms with Crippen LogP contribution in [0.1, 0.15) is 0 Å². The van der Waals surface area contributed by atoms with E-state index in [0.717, 1.165) is 11.4 Å². The predicted octanol–water partition coefficient (Wildman–Crippen LogP) is 10.5. The van der Waals surface area contributed by atoms with Gasteiger partial charge in [0.25, 0.3) is 0 Å². The highest BCUT2D eigenvalue weighted by atomic mass is 15.1. The lowest BCUT2D eigenvalue weighted by molar-refractivity contribution is 1.28. The monoisotopic (exact) mass is 631 g/mol. The van der Waals surface area contributed by atoms with Gasteiger partial charge in [0.2, 0.25) is 0 Å². The van der Waals surface area contributed by atoms with Gasteiger partial charge >= 0.3 is 6.85 Å². The van der Waals surface area contributed by atoms with Crippen LogP contribution in [-0.4, -0.2) is 15.7 Å². The molecule has 228 valence electrons. The molecule has 0 bridgehead atoms. The van der Waals surface area contributed by atoms with Crippen LogP contribution in [0.15, 0.2) is 158 Å². The normalized spacial score (nSPS) is 13.2. The van der Waals surface area contributed by atoms with Gasteiger partial charge in [-0.25, -0.2) is 0 Å². The van der Waals surface area contributed by atoms with Crippen molar-refractivity contribution in [2.24, 2.45) is 0 Å². The zero-order chi connectivity index (χ0) is 32.2. The van der Waals surface area contributed by atoms with E-state index in [1.54, 1.807) is 0 Å². The standard InChI is InChI=1S/C46H26BN3/c1-3-13-28(14-4-1)48(29-15-5-2-6-16-29)39-26-37-34-20-9-19-32-35-25-24-27-12-7-8-17-30(27)43(35)50(44(32)34)47-38-23-11-21-33-31-18-10-22-36-40(39)46(41(37)47)49(42(31)36)45(33)38/h1-26H. The topological polar surface area (TPSA) is 12.6 Å². The molecule has 2 aliphatic heterocycles. The molecule has 5 heterocycles. The molecule has 0 aliphatic carbocycles. The molecule has 3 aromatic heterocycles. The zero-order valence-corrected chi connectivity index (χ0v) is 26.9. The molecule has 50 heavy (non-hydrogen) atoms. The van der Waals surface area contributed by atoms with Crippen molar-refractivity contribution in [3.63, 3.8) is 0 Å². The van der Waals surface area contributed by atoms with E-state index in [-0.39, 0.29) is 6.85 Å². The average molecular weight is 632 g/mol. The van der Waals surface area contributed by atoms with Gasteiger partial charge in [-0.15, -0.1) is 0 Å². The number of fused-ring (bicyclic) bond motifs is 10. The van der Waals surface area contributed by atoms with E-state index in [0.29, 0.717) is 0 Å². The zero-order valence-electron chi connectivity index (χ0n) is 26.9. The molecule has 2 aliphatic rings. The van der Waals surface area contributed by atoms with Gasteiger partial charge in [-0.1, -0.05) is 127 Å². The Kier molecular flexibility index (Phi) is 4.45. The van der Waals surface area contributed by atoms with Gasteiger partial charge in [-0.2, -0.15) is 0 Å². The molecule has 11 aromatic rings. The van der Waals surface area contributed by atoms with Crippen molar-refractivity contribution < 1.29 is 0 Å². The van der Waals surface area contributed by atoms with Crippen molar-refractivity contribution >= 4 is 106 Å². The van der Waals surface area contributed by atoms with E-state index in [4.69, 9.17) is 0 Å². The third-order valence-corrected chi connectivity index (χ3v) is 11.7. The Morgan fingerprint density at radius 3 is 1.84 bits per heavy atom. The first-order valence-electron chi connectivity index (χ1n) is 17.5. The number of nitrogens with zero attached hydrogens (tertiary/aromatic N) is 3. The number of benzene rings is 8. The fourth-order valence-corrected chi connectivity index (χ4v) is 9.98. The van der Waals surface area contributed by atoms with Crippen LogP contribution < -0.4 is 15.8 Å². The van der Waals surface area contributed by atoms with E-state index < -0.39 is 0 Å². The Hall–Kier alpha value is -6.52. The molecule has 0 unspecified atom stereocenters. The summed E-state index contributed by atoms with van der Waals surface area (Å²) in [6.45, 7) is 0.0324. The van der Waals surface area contributed by atoms with Gasteiger partial charge in [0.05, 0.1) is 22.2 Å². The molecule has 0 N–H and O–H groups in total. The van der Waals surface area contributed by atoms with Crippen molar-refractivity contribution in [2.75, 3.05) is 4.90 Å². The maximum absolute atomic E-state index is 2.71.